The summed E-state index contributed by atoms with van der Waals surface area (Å²) in [5.41, 5.74) is 0.948. The molecule has 2 aromatic carbocycles. The highest BCUT2D eigenvalue weighted by molar-refractivity contribution is 6.46. The molecular weight excluding hydrogens is 514 g/mol. The monoisotopic (exact) mass is 545 g/mol. The number of carbonyl (C=O) groups is 2. The van der Waals surface area contributed by atoms with Gasteiger partial charge in [-0.05, 0) is 49.2 Å². The van der Waals surface area contributed by atoms with Gasteiger partial charge >= 0.3 is 0 Å². The van der Waals surface area contributed by atoms with Gasteiger partial charge in [-0.15, -0.1) is 0 Å². The number of benzene rings is 2. The molecule has 1 unspecified atom stereocenters. The Bertz CT molecular complexity index is 1430. The lowest BCUT2D eigenvalue weighted by Crippen LogP contribution is -2.31. The van der Waals surface area contributed by atoms with Gasteiger partial charge < -0.3 is 33.5 Å². The summed E-state index contributed by atoms with van der Waals surface area (Å²) in [4.78, 5) is 32.4. The highest BCUT2D eigenvalue weighted by Gasteiger charge is 2.46. The van der Waals surface area contributed by atoms with Gasteiger partial charge in [0.05, 0.1) is 24.5 Å². The molecule has 10 nitrogen and oxygen atoms in total. The maximum Gasteiger partial charge on any atom is 0.295 e. The second-order valence-electron chi connectivity index (χ2n) is 9.24. The van der Waals surface area contributed by atoms with E-state index in [-0.39, 0.29) is 24.5 Å². The fourth-order valence-corrected chi connectivity index (χ4v) is 4.88. The number of fused-ring (bicyclic) bond motifs is 1. The second-order valence-corrected chi connectivity index (χ2v) is 9.24. The number of carbonyl (C=O) groups excluding carboxylic acids is 2. The molecule has 1 aromatic heterocycles. The van der Waals surface area contributed by atoms with E-state index in [9.17, 15) is 14.7 Å². The van der Waals surface area contributed by atoms with Crippen LogP contribution in [0.25, 0.3) is 5.76 Å². The number of Topliss-reactive ketones (excluding diaryl/α,β-unsaturated/α-hetero) is 1. The third-order valence-electron chi connectivity index (χ3n) is 6.67. The van der Waals surface area contributed by atoms with Gasteiger partial charge in [-0.1, -0.05) is 18.7 Å². The first-order valence-corrected chi connectivity index (χ1v) is 13.2. The predicted octanol–water partition coefficient (Wildman–Crippen LogP) is 4.13. The van der Waals surface area contributed by atoms with Crippen LogP contribution in [0, 0.1) is 0 Å². The fraction of sp³-hybridized carbons (Fsp3) is 0.300. The third kappa shape index (κ3) is 5.38. The van der Waals surface area contributed by atoms with Gasteiger partial charge in [-0.2, -0.15) is 0 Å². The SMILES string of the molecule is C=CCOc1ccc(C2/C(=C(/O)c3ccc4c(c3)OCCO4)C(=O)C(=O)N2CCCn2ccnc2)cc1OCC. The highest BCUT2D eigenvalue weighted by atomic mass is 16.6. The summed E-state index contributed by atoms with van der Waals surface area (Å²) in [6, 6.07) is 9.35. The van der Waals surface area contributed by atoms with E-state index in [2.05, 4.69) is 11.6 Å². The smallest absolute Gasteiger partial charge is 0.295 e. The number of ether oxygens (including phenoxy) is 4. The highest BCUT2D eigenvalue weighted by Crippen LogP contribution is 2.43. The van der Waals surface area contributed by atoms with Crippen LogP contribution in [0.2, 0.25) is 0 Å². The molecule has 1 fully saturated rings. The molecule has 40 heavy (non-hydrogen) atoms. The number of nitrogens with zero attached hydrogens (tertiary/aromatic N) is 3. The van der Waals surface area contributed by atoms with Gasteiger partial charge in [0.1, 0.15) is 25.6 Å². The van der Waals surface area contributed by atoms with Crippen molar-refractivity contribution in [2.45, 2.75) is 25.9 Å². The molecular formula is C30H31N3O7. The summed E-state index contributed by atoms with van der Waals surface area (Å²) in [5.74, 6) is 0.256. The topological polar surface area (TPSA) is 112 Å². The maximum atomic E-state index is 13.5. The summed E-state index contributed by atoms with van der Waals surface area (Å²) in [7, 11) is 0. The molecule has 2 aliphatic heterocycles. The Kier molecular flexibility index (Phi) is 8.04. The Morgan fingerprint density at radius 3 is 2.67 bits per heavy atom. The molecule has 0 bridgehead atoms. The van der Waals surface area contributed by atoms with Gasteiger partial charge in [-0.25, -0.2) is 4.98 Å². The Morgan fingerprint density at radius 2 is 1.93 bits per heavy atom. The van der Waals surface area contributed by atoms with Crippen molar-refractivity contribution in [1.29, 1.82) is 0 Å². The molecule has 2 aliphatic rings. The lowest BCUT2D eigenvalue weighted by atomic mass is 9.94. The van der Waals surface area contributed by atoms with Crippen LogP contribution in [0.1, 0.15) is 30.5 Å². The predicted molar refractivity (Wildman–Crippen MR) is 147 cm³/mol. The van der Waals surface area contributed by atoms with E-state index in [1.165, 1.54) is 4.90 Å². The zero-order chi connectivity index (χ0) is 28.1. The summed E-state index contributed by atoms with van der Waals surface area (Å²) >= 11 is 0. The first kappa shape index (κ1) is 26.9. The first-order chi connectivity index (χ1) is 19.5. The molecule has 5 rings (SSSR count). The van der Waals surface area contributed by atoms with E-state index < -0.39 is 17.7 Å². The number of imidazole rings is 1. The zero-order valence-electron chi connectivity index (χ0n) is 22.2. The van der Waals surface area contributed by atoms with Crippen LogP contribution < -0.4 is 18.9 Å². The van der Waals surface area contributed by atoms with Gasteiger partial charge in [0.25, 0.3) is 11.7 Å². The molecule has 1 amide bonds. The van der Waals surface area contributed by atoms with Crippen LogP contribution in [0.3, 0.4) is 0 Å². The van der Waals surface area contributed by atoms with Crippen molar-refractivity contribution >= 4 is 17.4 Å². The van der Waals surface area contributed by atoms with Crippen molar-refractivity contribution in [2.75, 3.05) is 33.0 Å². The molecule has 0 aliphatic carbocycles. The average Bonchev–Trinajstić information content (AvgIpc) is 3.58. The van der Waals surface area contributed by atoms with E-state index in [1.54, 1.807) is 55.0 Å². The average molecular weight is 546 g/mol. The Morgan fingerprint density at radius 1 is 1.10 bits per heavy atom. The largest absolute Gasteiger partial charge is 0.507 e. The normalized spacial score (nSPS) is 17.6. The van der Waals surface area contributed by atoms with Crippen LogP contribution in [-0.4, -0.2) is 64.2 Å². The molecule has 0 radical (unpaired) electrons. The molecule has 0 saturated carbocycles. The summed E-state index contributed by atoms with van der Waals surface area (Å²) < 4.78 is 24.7. The number of rotatable bonds is 11. The summed E-state index contributed by atoms with van der Waals surface area (Å²) in [6.45, 7) is 7.91. The fourth-order valence-electron chi connectivity index (χ4n) is 4.88. The molecule has 208 valence electrons. The Balaban J connectivity index is 1.56. The number of hydrogen-bond acceptors (Lipinski definition) is 8. The van der Waals surface area contributed by atoms with Crippen molar-refractivity contribution in [1.82, 2.24) is 14.5 Å². The Hall–Kier alpha value is -4.73. The van der Waals surface area contributed by atoms with Gasteiger partial charge in [-0.3, -0.25) is 9.59 Å². The minimum Gasteiger partial charge on any atom is -0.507 e. The second kappa shape index (κ2) is 12.0. The quantitative estimate of drug-likeness (QED) is 0.166. The van der Waals surface area contributed by atoms with Crippen LogP contribution in [-0.2, 0) is 16.1 Å². The van der Waals surface area contributed by atoms with Crippen LogP contribution in [0.4, 0.5) is 0 Å². The van der Waals surface area contributed by atoms with Gasteiger partial charge in [0.15, 0.2) is 23.0 Å². The lowest BCUT2D eigenvalue weighted by Gasteiger charge is -2.26. The molecule has 1 N–H and O–H groups in total. The molecule has 0 spiro atoms. The van der Waals surface area contributed by atoms with E-state index >= 15 is 0 Å². The van der Waals surface area contributed by atoms with Crippen molar-refractivity contribution in [2.24, 2.45) is 0 Å². The summed E-state index contributed by atoms with van der Waals surface area (Å²) in [6.07, 6.45) is 7.42. The van der Waals surface area contributed by atoms with Crippen molar-refractivity contribution in [3.8, 4) is 23.0 Å². The van der Waals surface area contributed by atoms with E-state index in [0.717, 1.165) is 0 Å². The molecule has 3 heterocycles. The maximum absolute atomic E-state index is 13.5. The number of likely N-dealkylation sites (tertiary alicyclic amines) is 1. The number of aliphatic hydroxyl groups is 1. The number of aliphatic hydroxyl groups excluding tert-OH is 1. The molecule has 1 saturated heterocycles. The third-order valence-corrected chi connectivity index (χ3v) is 6.67. The van der Waals surface area contributed by atoms with E-state index in [4.69, 9.17) is 18.9 Å². The zero-order valence-corrected chi connectivity index (χ0v) is 22.2. The number of aryl methyl sites for hydroxylation is 1. The van der Waals surface area contributed by atoms with Crippen molar-refractivity contribution < 1.29 is 33.6 Å². The number of amides is 1. The minimum atomic E-state index is -0.844. The number of hydrogen-bond donors (Lipinski definition) is 1. The summed E-state index contributed by atoms with van der Waals surface area (Å²) in [5, 5.41) is 11.5. The van der Waals surface area contributed by atoms with Crippen LogP contribution in [0.5, 0.6) is 23.0 Å². The van der Waals surface area contributed by atoms with E-state index in [1.807, 2.05) is 17.7 Å². The molecule has 1 atom stereocenters. The molecule has 3 aromatic rings. The Labute approximate surface area is 232 Å². The molecule has 10 heteroatoms. The van der Waals surface area contributed by atoms with Gasteiger partial charge in [0.2, 0.25) is 0 Å². The number of ketones is 1. The van der Waals surface area contributed by atoms with Crippen molar-refractivity contribution in [3.63, 3.8) is 0 Å². The van der Waals surface area contributed by atoms with Crippen LogP contribution in [0.15, 0.2) is 73.3 Å². The number of aromatic nitrogens is 2. The minimum absolute atomic E-state index is 0.00785. The standard InChI is InChI=1S/C30H31N3O7/c1-3-14-38-22-8-6-20(17-24(22)37-4-2)27-26(28(34)21-7-9-23-25(18-21)40-16-15-39-23)29(35)30(36)33(27)12-5-11-32-13-10-31-19-32/h3,6-10,13,17-19,27,34H,1,4-5,11-12,14-16H2,2H3/b28-26-. The lowest BCUT2D eigenvalue weighted by molar-refractivity contribution is -0.139. The van der Waals surface area contributed by atoms with E-state index in [0.29, 0.717) is 66.9 Å². The van der Waals surface area contributed by atoms with Crippen molar-refractivity contribution in [3.05, 3.63) is 84.5 Å². The first-order valence-electron chi connectivity index (χ1n) is 13.2. The van der Waals surface area contributed by atoms with Crippen LogP contribution >= 0.6 is 0 Å². The van der Waals surface area contributed by atoms with Gasteiger partial charge in [0, 0.05) is 31.0 Å².